The third kappa shape index (κ3) is 2.92. The molecule has 0 aliphatic heterocycles. The zero-order valence-electron chi connectivity index (χ0n) is 15.0. The maximum Gasteiger partial charge on any atom is 0.270 e. The predicted molar refractivity (Wildman–Crippen MR) is 109 cm³/mol. The fraction of sp³-hybridized carbons (Fsp3) is 0.136. The monoisotopic (exact) mass is 387 g/mol. The van der Waals surface area contributed by atoms with Crippen molar-refractivity contribution in [2.24, 2.45) is 0 Å². The number of carbonyl (C=O) groups excluding carboxylic acids is 1. The fourth-order valence-corrected chi connectivity index (χ4v) is 4.13. The molecule has 1 amide bonds. The summed E-state index contributed by atoms with van der Waals surface area (Å²) in [5.74, 6) is 0.957. The lowest BCUT2D eigenvalue weighted by Crippen LogP contribution is -2.27. The van der Waals surface area contributed by atoms with E-state index in [2.05, 4.69) is 15.5 Å². The highest BCUT2D eigenvalue weighted by molar-refractivity contribution is 7.14. The molecule has 0 atom stereocenters. The highest BCUT2D eigenvalue weighted by atomic mass is 32.1. The minimum absolute atomic E-state index is 0.0150. The van der Waals surface area contributed by atoms with Crippen molar-refractivity contribution in [2.75, 3.05) is 5.32 Å². The second kappa shape index (κ2) is 6.73. The minimum Gasteiger partial charge on any atom is -0.333 e. The summed E-state index contributed by atoms with van der Waals surface area (Å²) >= 11 is 1.47. The Morgan fingerprint density at radius 3 is 2.43 bits per heavy atom. The van der Waals surface area contributed by atoms with Gasteiger partial charge in [0.15, 0.2) is 0 Å². The van der Waals surface area contributed by atoms with Crippen LogP contribution in [0.3, 0.4) is 0 Å². The molecule has 1 N–H and O–H groups in total. The van der Waals surface area contributed by atoms with Crippen LogP contribution in [0.2, 0.25) is 0 Å². The molecule has 4 aromatic rings. The predicted octanol–water partition coefficient (Wildman–Crippen LogP) is 5.14. The Morgan fingerprint density at radius 1 is 1.00 bits per heavy atom. The van der Waals surface area contributed by atoms with Crippen LogP contribution in [0.25, 0.3) is 22.2 Å². The van der Waals surface area contributed by atoms with Gasteiger partial charge in [0.2, 0.25) is 11.7 Å². The van der Waals surface area contributed by atoms with Crippen LogP contribution in [0.4, 0.5) is 5.69 Å². The highest BCUT2D eigenvalue weighted by Gasteiger charge is 2.51. The number of nitrogens with one attached hydrogen (secondary N) is 1. The van der Waals surface area contributed by atoms with E-state index in [1.807, 2.05) is 72.1 Å². The zero-order chi connectivity index (χ0) is 19.0. The van der Waals surface area contributed by atoms with Gasteiger partial charge in [-0.2, -0.15) is 4.98 Å². The van der Waals surface area contributed by atoms with Crippen LogP contribution in [0.5, 0.6) is 0 Å². The fourth-order valence-electron chi connectivity index (χ4n) is 3.36. The van der Waals surface area contributed by atoms with Crippen molar-refractivity contribution in [3.05, 3.63) is 77.7 Å². The molecule has 6 heteroatoms. The van der Waals surface area contributed by atoms with E-state index < -0.39 is 5.41 Å². The minimum atomic E-state index is -0.426. The Bertz CT molecular complexity index is 1110. The van der Waals surface area contributed by atoms with Crippen molar-refractivity contribution in [3.8, 4) is 22.2 Å². The Balaban J connectivity index is 1.40. The van der Waals surface area contributed by atoms with E-state index in [9.17, 15) is 4.79 Å². The second-order valence-electron chi connectivity index (χ2n) is 6.85. The Labute approximate surface area is 166 Å². The molecule has 0 radical (unpaired) electrons. The number of hydrogen-bond donors (Lipinski definition) is 1. The van der Waals surface area contributed by atoms with E-state index in [1.165, 1.54) is 11.3 Å². The van der Waals surface area contributed by atoms with Gasteiger partial charge in [0, 0.05) is 5.56 Å². The maximum absolute atomic E-state index is 13.0. The first-order chi connectivity index (χ1) is 13.8. The van der Waals surface area contributed by atoms with Crippen LogP contribution in [-0.4, -0.2) is 16.0 Å². The van der Waals surface area contributed by atoms with Crippen LogP contribution >= 0.6 is 11.3 Å². The van der Waals surface area contributed by atoms with Gasteiger partial charge in [0.25, 0.3) is 5.89 Å². The largest absolute Gasteiger partial charge is 0.333 e. The van der Waals surface area contributed by atoms with Crippen LogP contribution in [0.15, 0.2) is 76.6 Å². The van der Waals surface area contributed by atoms with Crippen LogP contribution in [0, 0.1) is 0 Å². The molecule has 2 aromatic heterocycles. The van der Waals surface area contributed by atoms with Gasteiger partial charge in [-0.3, -0.25) is 4.79 Å². The van der Waals surface area contributed by atoms with Crippen molar-refractivity contribution >= 4 is 22.9 Å². The average Bonchev–Trinajstić information content (AvgIpc) is 3.19. The van der Waals surface area contributed by atoms with Crippen LogP contribution < -0.4 is 5.32 Å². The number of carbonyl (C=O) groups is 1. The summed E-state index contributed by atoms with van der Waals surface area (Å²) in [4.78, 5) is 18.3. The van der Waals surface area contributed by atoms with Crippen molar-refractivity contribution in [3.63, 3.8) is 0 Å². The summed E-state index contributed by atoms with van der Waals surface area (Å²) in [5, 5.41) is 9.08. The molecule has 5 nitrogen and oxygen atoms in total. The molecule has 138 valence electrons. The first-order valence-corrected chi connectivity index (χ1v) is 9.98. The maximum atomic E-state index is 13.0. The van der Waals surface area contributed by atoms with Crippen molar-refractivity contribution in [1.29, 1.82) is 0 Å². The molecule has 0 saturated heterocycles. The number of rotatable bonds is 5. The molecular weight excluding hydrogens is 370 g/mol. The molecular formula is C22H17N3O2S. The Kier molecular flexibility index (Phi) is 4.06. The molecule has 2 aromatic carbocycles. The van der Waals surface area contributed by atoms with Gasteiger partial charge in [-0.25, -0.2) is 0 Å². The number of amides is 1. The molecule has 28 heavy (non-hydrogen) atoms. The van der Waals surface area contributed by atoms with Gasteiger partial charge in [0.1, 0.15) is 4.88 Å². The van der Waals surface area contributed by atoms with E-state index in [0.717, 1.165) is 28.8 Å². The first-order valence-electron chi connectivity index (χ1n) is 9.10. The zero-order valence-corrected chi connectivity index (χ0v) is 15.8. The number of anilines is 1. The smallest absolute Gasteiger partial charge is 0.270 e. The van der Waals surface area contributed by atoms with Crippen LogP contribution in [-0.2, 0) is 10.2 Å². The molecule has 1 saturated carbocycles. The first kappa shape index (κ1) is 16.9. The van der Waals surface area contributed by atoms with Gasteiger partial charge in [-0.15, -0.1) is 11.3 Å². The summed E-state index contributed by atoms with van der Waals surface area (Å²) in [6.07, 6.45) is 1.72. The summed E-state index contributed by atoms with van der Waals surface area (Å²) in [6.45, 7) is 0. The number of aromatic nitrogens is 2. The molecule has 2 heterocycles. The molecule has 5 rings (SSSR count). The molecule has 1 fully saturated rings. The summed E-state index contributed by atoms with van der Waals surface area (Å²) in [7, 11) is 0. The van der Waals surface area contributed by atoms with Gasteiger partial charge >= 0.3 is 0 Å². The van der Waals surface area contributed by atoms with Gasteiger partial charge in [-0.05, 0) is 29.9 Å². The van der Waals surface area contributed by atoms with Crippen molar-refractivity contribution in [1.82, 2.24) is 10.1 Å². The van der Waals surface area contributed by atoms with E-state index in [4.69, 9.17) is 4.52 Å². The third-order valence-corrected chi connectivity index (χ3v) is 5.98. The molecule has 1 aliphatic carbocycles. The highest BCUT2D eigenvalue weighted by Crippen LogP contribution is 2.49. The van der Waals surface area contributed by atoms with E-state index in [-0.39, 0.29) is 5.91 Å². The van der Waals surface area contributed by atoms with Crippen molar-refractivity contribution in [2.45, 2.75) is 18.3 Å². The average molecular weight is 387 g/mol. The number of nitrogens with zero attached hydrogens (tertiary/aromatic N) is 2. The lowest BCUT2D eigenvalue weighted by molar-refractivity contribution is -0.118. The molecule has 0 unspecified atom stereocenters. The van der Waals surface area contributed by atoms with E-state index in [1.54, 1.807) is 0 Å². The summed E-state index contributed by atoms with van der Waals surface area (Å²) in [6, 6.07) is 21.5. The standard InChI is InChI=1S/C22H17N3O2S/c26-21(22(12-13-22)16-9-5-2-6-10-16)23-17-11-14-28-18(17)20-24-19(25-27-20)15-7-3-1-4-8-15/h1-11,14H,12-13H2,(H,23,26). The number of benzene rings is 2. The topological polar surface area (TPSA) is 68.0 Å². The lowest BCUT2D eigenvalue weighted by Gasteiger charge is -2.15. The van der Waals surface area contributed by atoms with E-state index in [0.29, 0.717) is 17.4 Å². The van der Waals surface area contributed by atoms with Crippen LogP contribution in [0.1, 0.15) is 18.4 Å². The van der Waals surface area contributed by atoms with Crippen molar-refractivity contribution < 1.29 is 9.32 Å². The SMILES string of the molecule is O=C(Nc1ccsc1-c1nc(-c2ccccc2)no1)C1(c2ccccc2)CC1. The Morgan fingerprint density at radius 2 is 1.71 bits per heavy atom. The normalized spacial score (nSPS) is 14.6. The second-order valence-corrected chi connectivity index (χ2v) is 7.77. The number of thiophene rings is 1. The third-order valence-electron chi connectivity index (χ3n) is 5.08. The molecule has 1 aliphatic rings. The number of hydrogen-bond acceptors (Lipinski definition) is 5. The summed E-state index contributed by atoms with van der Waals surface area (Å²) in [5.41, 5.74) is 2.24. The quantitative estimate of drug-likeness (QED) is 0.515. The van der Waals surface area contributed by atoms with Gasteiger partial charge in [0.05, 0.1) is 11.1 Å². The van der Waals surface area contributed by atoms with E-state index >= 15 is 0 Å². The van der Waals surface area contributed by atoms with Gasteiger partial charge < -0.3 is 9.84 Å². The summed E-state index contributed by atoms with van der Waals surface area (Å²) < 4.78 is 5.47. The lowest BCUT2D eigenvalue weighted by atomic mass is 9.95. The molecule has 0 bridgehead atoms. The molecule has 0 spiro atoms. The Hall–Kier alpha value is -3.25. The van der Waals surface area contributed by atoms with Gasteiger partial charge in [-0.1, -0.05) is 65.8 Å².